The second kappa shape index (κ2) is 9.34. The van der Waals surface area contributed by atoms with Crippen LogP contribution in [0.5, 0.6) is 5.75 Å². The molecular weight excluding hydrogens is 254 g/mol. The van der Waals surface area contributed by atoms with Crippen LogP contribution in [0.4, 0.5) is 0 Å². The molecule has 1 aromatic carbocycles. The molecule has 0 saturated heterocycles. The van der Waals surface area contributed by atoms with Crippen molar-refractivity contribution in [3.63, 3.8) is 0 Å². The maximum atomic E-state index is 11.7. The fraction of sp³-hybridized carbons (Fsp3) is 0.467. The maximum absolute atomic E-state index is 11.7. The molecule has 5 heteroatoms. The molecule has 5 nitrogen and oxygen atoms in total. The minimum absolute atomic E-state index is 0.140. The minimum Gasteiger partial charge on any atom is -0.492 e. The van der Waals surface area contributed by atoms with Crippen LogP contribution in [-0.4, -0.2) is 31.6 Å². The Morgan fingerprint density at radius 1 is 1.30 bits per heavy atom. The predicted octanol–water partition coefficient (Wildman–Crippen LogP) is 0.820. The van der Waals surface area contributed by atoms with Crippen molar-refractivity contribution in [1.29, 1.82) is 0 Å². The Bertz CT molecular complexity index is 393. The molecule has 0 aliphatic heterocycles. The third kappa shape index (κ3) is 6.54. The van der Waals surface area contributed by atoms with Gasteiger partial charge in [-0.3, -0.25) is 4.79 Å². The first-order chi connectivity index (χ1) is 9.63. The summed E-state index contributed by atoms with van der Waals surface area (Å²) in [4.78, 5) is 11.7. The number of carbonyl (C=O) groups is 1. The molecule has 0 saturated carbocycles. The van der Waals surface area contributed by atoms with Crippen LogP contribution in [0.3, 0.4) is 0 Å². The number of nitrogens with one attached hydrogen (secondary N) is 1. The molecule has 1 amide bonds. The summed E-state index contributed by atoms with van der Waals surface area (Å²) in [7, 11) is 0. The van der Waals surface area contributed by atoms with Crippen LogP contribution in [0.1, 0.15) is 24.8 Å². The van der Waals surface area contributed by atoms with E-state index in [1.165, 1.54) is 0 Å². The summed E-state index contributed by atoms with van der Waals surface area (Å²) in [6.07, 6.45) is 2.43. The van der Waals surface area contributed by atoms with Crippen molar-refractivity contribution in [3.8, 4) is 5.75 Å². The Hall–Kier alpha value is -1.59. The van der Waals surface area contributed by atoms with Crippen LogP contribution in [0, 0.1) is 6.92 Å². The van der Waals surface area contributed by atoms with E-state index >= 15 is 0 Å². The Morgan fingerprint density at radius 2 is 2.00 bits per heavy atom. The predicted molar refractivity (Wildman–Crippen MR) is 80.3 cm³/mol. The standard InChI is InChI=1S/C15H24N3O2/c1-12-5-7-13(8-6-12)20-11-10-18-15(19)14(17)4-2-3-9-16/h5-8,14H,1-4,9-11,16-17H2,(H,18,19)/t14-/m0/s1. The molecule has 111 valence electrons. The van der Waals surface area contributed by atoms with Crippen molar-refractivity contribution in [1.82, 2.24) is 5.32 Å². The molecule has 1 atom stereocenters. The summed E-state index contributed by atoms with van der Waals surface area (Å²) < 4.78 is 5.49. The van der Waals surface area contributed by atoms with Gasteiger partial charge < -0.3 is 21.5 Å². The Morgan fingerprint density at radius 3 is 2.65 bits per heavy atom. The summed E-state index contributed by atoms with van der Waals surface area (Å²) >= 11 is 0. The van der Waals surface area contributed by atoms with E-state index in [9.17, 15) is 4.79 Å². The summed E-state index contributed by atoms with van der Waals surface area (Å²) in [5, 5.41) is 2.76. The van der Waals surface area contributed by atoms with Crippen molar-refractivity contribution >= 4 is 5.91 Å². The molecule has 0 heterocycles. The quantitative estimate of drug-likeness (QED) is 0.583. The molecule has 0 aliphatic carbocycles. The topological polar surface area (TPSA) is 90.4 Å². The first-order valence-corrected chi connectivity index (χ1v) is 6.91. The van der Waals surface area contributed by atoms with Crippen LogP contribution < -0.4 is 21.5 Å². The molecule has 5 N–H and O–H groups in total. The van der Waals surface area contributed by atoms with Gasteiger partial charge >= 0.3 is 0 Å². The Labute approximate surface area is 120 Å². The Balaban J connectivity index is 2.13. The third-order valence-electron chi connectivity index (χ3n) is 2.90. The van der Waals surface area contributed by atoms with E-state index in [1.54, 1.807) is 0 Å². The molecule has 0 aromatic heterocycles. The van der Waals surface area contributed by atoms with Crippen LogP contribution in [-0.2, 0) is 4.79 Å². The zero-order valence-electron chi connectivity index (χ0n) is 11.8. The molecule has 0 unspecified atom stereocenters. The molecule has 0 bridgehead atoms. The second-order valence-corrected chi connectivity index (χ2v) is 4.67. The highest BCUT2D eigenvalue weighted by molar-refractivity contribution is 5.81. The van der Waals surface area contributed by atoms with Crippen molar-refractivity contribution in [2.45, 2.75) is 25.3 Å². The molecular formula is C15H24N3O2. The highest BCUT2D eigenvalue weighted by Gasteiger charge is 2.11. The molecule has 1 rings (SSSR count). The van der Waals surface area contributed by atoms with Crippen molar-refractivity contribution < 1.29 is 9.53 Å². The molecule has 0 fully saturated rings. The number of unbranched alkanes of at least 4 members (excludes halogenated alkanes) is 1. The monoisotopic (exact) mass is 278 g/mol. The largest absolute Gasteiger partial charge is 0.492 e. The maximum Gasteiger partial charge on any atom is 0.237 e. The number of hydrogen-bond donors (Lipinski definition) is 3. The lowest BCUT2D eigenvalue weighted by Gasteiger charge is -2.12. The molecule has 20 heavy (non-hydrogen) atoms. The average molecular weight is 278 g/mol. The molecule has 1 radical (unpaired) electrons. The number of carbonyl (C=O) groups excluding carboxylic acids is 1. The summed E-state index contributed by atoms with van der Waals surface area (Å²) in [6, 6.07) is 6.99. The van der Waals surface area contributed by atoms with Gasteiger partial charge in [0.2, 0.25) is 5.91 Å². The molecule has 0 spiro atoms. The van der Waals surface area contributed by atoms with Gasteiger partial charge in [-0.1, -0.05) is 18.6 Å². The molecule has 1 aromatic rings. The van der Waals surface area contributed by atoms with Gasteiger partial charge in [-0.25, -0.2) is 0 Å². The SMILES string of the molecule is [CH2]c1ccc(OCCNC(=O)[C@@H](N)CCCCN)cc1. The lowest BCUT2D eigenvalue weighted by atomic mass is 10.1. The van der Waals surface area contributed by atoms with Gasteiger partial charge in [0.25, 0.3) is 0 Å². The first-order valence-electron chi connectivity index (χ1n) is 6.91. The van der Waals surface area contributed by atoms with Crippen molar-refractivity contribution in [3.05, 3.63) is 36.8 Å². The van der Waals surface area contributed by atoms with E-state index in [4.69, 9.17) is 16.2 Å². The van der Waals surface area contributed by atoms with Gasteiger partial charge in [-0.15, -0.1) is 0 Å². The number of hydrogen-bond acceptors (Lipinski definition) is 4. The Kier molecular flexibility index (Phi) is 7.69. The van der Waals surface area contributed by atoms with E-state index in [1.807, 2.05) is 24.3 Å². The molecule has 0 aliphatic rings. The minimum atomic E-state index is -0.466. The number of rotatable bonds is 9. The average Bonchev–Trinajstić information content (AvgIpc) is 2.45. The number of benzene rings is 1. The number of amides is 1. The zero-order valence-corrected chi connectivity index (χ0v) is 11.8. The number of nitrogens with two attached hydrogens (primary N) is 2. The highest BCUT2D eigenvalue weighted by Crippen LogP contribution is 2.10. The van der Waals surface area contributed by atoms with Crippen LogP contribution in [0.25, 0.3) is 0 Å². The summed E-state index contributed by atoms with van der Waals surface area (Å²) in [6.45, 7) is 5.28. The van der Waals surface area contributed by atoms with Crippen LogP contribution in [0.2, 0.25) is 0 Å². The van der Waals surface area contributed by atoms with E-state index in [2.05, 4.69) is 12.2 Å². The van der Waals surface area contributed by atoms with Gasteiger partial charge in [0.15, 0.2) is 0 Å². The summed E-state index contributed by atoms with van der Waals surface area (Å²) in [5.41, 5.74) is 12.1. The normalized spacial score (nSPS) is 11.9. The van der Waals surface area contributed by atoms with E-state index < -0.39 is 6.04 Å². The first kappa shape index (κ1) is 16.5. The number of ether oxygens (including phenoxy) is 1. The van der Waals surface area contributed by atoms with Gasteiger partial charge in [0.1, 0.15) is 12.4 Å². The van der Waals surface area contributed by atoms with E-state index in [0.29, 0.717) is 26.1 Å². The van der Waals surface area contributed by atoms with E-state index in [-0.39, 0.29) is 5.91 Å². The fourth-order valence-electron chi connectivity index (χ4n) is 1.70. The van der Waals surface area contributed by atoms with Gasteiger partial charge in [-0.05, 0) is 44.0 Å². The van der Waals surface area contributed by atoms with Gasteiger partial charge in [0.05, 0.1) is 12.6 Å². The summed E-state index contributed by atoms with van der Waals surface area (Å²) in [5.74, 6) is 0.623. The van der Waals surface area contributed by atoms with E-state index in [0.717, 1.165) is 24.2 Å². The van der Waals surface area contributed by atoms with Crippen LogP contribution >= 0.6 is 0 Å². The second-order valence-electron chi connectivity index (χ2n) is 4.67. The van der Waals surface area contributed by atoms with Crippen molar-refractivity contribution in [2.24, 2.45) is 11.5 Å². The lowest BCUT2D eigenvalue weighted by molar-refractivity contribution is -0.122. The fourth-order valence-corrected chi connectivity index (χ4v) is 1.70. The smallest absolute Gasteiger partial charge is 0.237 e. The highest BCUT2D eigenvalue weighted by atomic mass is 16.5. The van der Waals surface area contributed by atoms with Crippen molar-refractivity contribution in [2.75, 3.05) is 19.7 Å². The van der Waals surface area contributed by atoms with Crippen LogP contribution in [0.15, 0.2) is 24.3 Å². The van der Waals surface area contributed by atoms with Gasteiger partial charge in [0, 0.05) is 0 Å². The third-order valence-corrected chi connectivity index (χ3v) is 2.90. The zero-order chi connectivity index (χ0) is 14.8. The lowest BCUT2D eigenvalue weighted by Crippen LogP contribution is -2.42. The van der Waals surface area contributed by atoms with Gasteiger partial charge in [-0.2, -0.15) is 0 Å².